The molecule has 0 bridgehead atoms. The molecule has 0 aliphatic rings. The first-order valence-electron chi connectivity index (χ1n) is 12.2. The third-order valence-electron chi connectivity index (χ3n) is 6.10. The second-order valence-electron chi connectivity index (χ2n) is 8.48. The van der Waals surface area contributed by atoms with E-state index < -0.39 is 0 Å². The predicted octanol–water partition coefficient (Wildman–Crippen LogP) is 8.64. The Kier molecular flexibility index (Phi) is 14.1. The van der Waals surface area contributed by atoms with Gasteiger partial charge in [0.25, 0.3) is 0 Å². The van der Waals surface area contributed by atoms with Crippen LogP contribution in [0.25, 0.3) is 6.08 Å². The van der Waals surface area contributed by atoms with Crippen molar-refractivity contribution in [3.8, 4) is 0 Å². The first-order chi connectivity index (χ1) is 13.7. The Balaban J connectivity index is 3.01. The lowest BCUT2D eigenvalue weighted by atomic mass is 9.78. The average molecular weight is 386 g/mol. The quantitative estimate of drug-likeness (QED) is 0.249. The Hall–Kier alpha value is -1.08. The van der Waals surface area contributed by atoms with Crippen molar-refractivity contribution >= 4 is 6.08 Å². The molecule has 0 aromatic heterocycles. The smallest absolute Gasteiger partial charge is 0.0440 e. The number of nitrogens with one attached hydrogen (secondary N) is 1. The number of benzene rings is 1. The fraction of sp³-hybridized carbons (Fsp3) is 0.704. The maximum absolute atomic E-state index is 4.12. The molecule has 1 N–H and O–H groups in total. The lowest BCUT2D eigenvalue weighted by Crippen LogP contribution is -2.43. The van der Waals surface area contributed by atoms with Crippen molar-refractivity contribution in [3.05, 3.63) is 42.0 Å². The topological polar surface area (TPSA) is 12.0 Å². The van der Waals surface area contributed by atoms with Crippen molar-refractivity contribution in [2.24, 2.45) is 0 Å². The summed E-state index contributed by atoms with van der Waals surface area (Å²) >= 11 is 0. The van der Waals surface area contributed by atoms with Gasteiger partial charge in [-0.2, -0.15) is 0 Å². The number of rotatable bonds is 18. The van der Waals surface area contributed by atoms with E-state index in [2.05, 4.69) is 63.0 Å². The molecule has 1 aromatic rings. The highest BCUT2D eigenvalue weighted by Gasteiger charge is 2.32. The van der Waals surface area contributed by atoms with Gasteiger partial charge < -0.3 is 5.32 Å². The summed E-state index contributed by atoms with van der Waals surface area (Å²) in [6.07, 6.45) is 20.5. The Bertz CT molecular complexity index is 493. The van der Waals surface area contributed by atoms with Crippen LogP contribution in [0.3, 0.4) is 0 Å². The SMILES string of the molecule is C=Cc1ccccc1C(CCCCCC)(CCCCCC)NCCCCCC. The van der Waals surface area contributed by atoms with Gasteiger partial charge in [0.2, 0.25) is 0 Å². The van der Waals surface area contributed by atoms with Crippen LogP contribution >= 0.6 is 0 Å². The maximum Gasteiger partial charge on any atom is 0.0440 e. The summed E-state index contributed by atoms with van der Waals surface area (Å²) in [6.45, 7) is 12.1. The zero-order chi connectivity index (χ0) is 20.5. The van der Waals surface area contributed by atoms with Gasteiger partial charge in [-0.05, 0) is 36.9 Å². The third-order valence-corrected chi connectivity index (χ3v) is 6.10. The summed E-state index contributed by atoms with van der Waals surface area (Å²) in [7, 11) is 0. The van der Waals surface area contributed by atoms with E-state index in [1.54, 1.807) is 0 Å². The van der Waals surface area contributed by atoms with Gasteiger partial charge in [-0.15, -0.1) is 0 Å². The van der Waals surface area contributed by atoms with Crippen molar-refractivity contribution in [3.63, 3.8) is 0 Å². The molecule has 0 saturated heterocycles. The van der Waals surface area contributed by atoms with Crippen molar-refractivity contribution < 1.29 is 0 Å². The third kappa shape index (κ3) is 8.95. The first kappa shape index (κ1) is 25.0. The van der Waals surface area contributed by atoms with Crippen LogP contribution in [0.15, 0.2) is 30.8 Å². The minimum atomic E-state index is 0.110. The van der Waals surface area contributed by atoms with Gasteiger partial charge in [0.1, 0.15) is 0 Å². The van der Waals surface area contributed by atoms with Crippen LogP contribution in [0.1, 0.15) is 122 Å². The standard InChI is InChI=1S/C27H47N/c1-5-9-12-17-22-27(23-18-13-10-6-2,28-24-19-14-11-7-3)26-21-16-15-20-25(26)8-4/h8,15-16,20-21,28H,4-7,9-14,17-19,22-24H2,1-3H3. The fourth-order valence-corrected chi connectivity index (χ4v) is 4.36. The van der Waals surface area contributed by atoms with Crippen molar-refractivity contribution in [1.82, 2.24) is 5.32 Å². The molecule has 28 heavy (non-hydrogen) atoms. The maximum atomic E-state index is 4.12. The van der Waals surface area contributed by atoms with Crippen molar-refractivity contribution in [1.29, 1.82) is 0 Å². The molecule has 1 nitrogen and oxygen atoms in total. The lowest BCUT2D eigenvalue weighted by molar-refractivity contribution is 0.263. The van der Waals surface area contributed by atoms with E-state index in [-0.39, 0.29) is 5.54 Å². The molecule has 1 rings (SSSR count). The largest absolute Gasteiger partial charge is 0.307 e. The number of unbranched alkanes of at least 4 members (excludes halogenated alkanes) is 9. The summed E-state index contributed by atoms with van der Waals surface area (Å²) < 4.78 is 0. The van der Waals surface area contributed by atoms with Crippen LogP contribution in [-0.2, 0) is 5.54 Å². The number of hydrogen-bond donors (Lipinski definition) is 1. The molecule has 0 atom stereocenters. The van der Waals surface area contributed by atoms with Gasteiger partial charge in [-0.1, -0.05) is 128 Å². The van der Waals surface area contributed by atoms with Gasteiger partial charge in [0.15, 0.2) is 0 Å². The molecule has 0 amide bonds. The summed E-state index contributed by atoms with van der Waals surface area (Å²) in [4.78, 5) is 0. The molecule has 0 unspecified atom stereocenters. The molecule has 1 heteroatoms. The van der Waals surface area contributed by atoms with Crippen LogP contribution in [0.4, 0.5) is 0 Å². The molecule has 0 spiro atoms. The second kappa shape index (κ2) is 15.8. The zero-order valence-corrected chi connectivity index (χ0v) is 19.2. The molecule has 0 aliphatic carbocycles. The predicted molar refractivity (Wildman–Crippen MR) is 128 cm³/mol. The molecule has 0 heterocycles. The molecule has 0 fully saturated rings. The van der Waals surface area contributed by atoms with Crippen LogP contribution in [0.2, 0.25) is 0 Å². The first-order valence-corrected chi connectivity index (χ1v) is 12.2. The van der Waals surface area contributed by atoms with Crippen LogP contribution in [0.5, 0.6) is 0 Å². The normalized spacial score (nSPS) is 11.7. The second-order valence-corrected chi connectivity index (χ2v) is 8.48. The Labute approximate surface area is 176 Å². The van der Waals surface area contributed by atoms with E-state index >= 15 is 0 Å². The highest BCUT2D eigenvalue weighted by Crippen LogP contribution is 2.36. The lowest BCUT2D eigenvalue weighted by Gasteiger charge is -2.38. The van der Waals surface area contributed by atoms with Crippen LogP contribution in [-0.4, -0.2) is 6.54 Å². The summed E-state index contributed by atoms with van der Waals surface area (Å²) in [5.41, 5.74) is 2.90. The van der Waals surface area contributed by atoms with Gasteiger partial charge in [0.05, 0.1) is 0 Å². The van der Waals surface area contributed by atoms with Crippen molar-refractivity contribution in [2.75, 3.05) is 6.54 Å². The summed E-state index contributed by atoms with van der Waals surface area (Å²) in [5, 5.41) is 4.09. The summed E-state index contributed by atoms with van der Waals surface area (Å²) in [5.74, 6) is 0. The van der Waals surface area contributed by atoms with Gasteiger partial charge in [0, 0.05) is 5.54 Å². The molecule has 0 radical (unpaired) electrons. The number of hydrogen-bond acceptors (Lipinski definition) is 1. The zero-order valence-electron chi connectivity index (χ0n) is 19.2. The average Bonchev–Trinajstić information content (AvgIpc) is 2.73. The van der Waals surface area contributed by atoms with E-state index in [1.165, 1.54) is 101 Å². The summed E-state index contributed by atoms with van der Waals surface area (Å²) in [6, 6.07) is 8.97. The van der Waals surface area contributed by atoms with E-state index in [4.69, 9.17) is 0 Å². The van der Waals surface area contributed by atoms with E-state index in [9.17, 15) is 0 Å². The van der Waals surface area contributed by atoms with E-state index in [0.29, 0.717) is 0 Å². The minimum Gasteiger partial charge on any atom is -0.307 e. The molecular formula is C27H47N. The minimum absolute atomic E-state index is 0.110. The Morgan fingerprint density at radius 1 is 0.750 bits per heavy atom. The van der Waals surface area contributed by atoms with Gasteiger partial charge >= 0.3 is 0 Å². The Morgan fingerprint density at radius 2 is 1.29 bits per heavy atom. The highest BCUT2D eigenvalue weighted by molar-refractivity contribution is 5.54. The van der Waals surface area contributed by atoms with Gasteiger partial charge in [-0.3, -0.25) is 0 Å². The molecule has 160 valence electrons. The monoisotopic (exact) mass is 385 g/mol. The van der Waals surface area contributed by atoms with Gasteiger partial charge in [-0.25, -0.2) is 0 Å². The fourth-order valence-electron chi connectivity index (χ4n) is 4.36. The van der Waals surface area contributed by atoms with E-state index in [0.717, 1.165) is 6.54 Å². The molecular weight excluding hydrogens is 338 g/mol. The van der Waals surface area contributed by atoms with E-state index in [1.807, 2.05) is 0 Å². The van der Waals surface area contributed by atoms with Crippen molar-refractivity contribution in [2.45, 2.75) is 116 Å². The van der Waals surface area contributed by atoms with Crippen LogP contribution in [0, 0.1) is 0 Å². The molecule has 0 aliphatic heterocycles. The highest BCUT2D eigenvalue weighted by atomic mass is 15.0. The molecule has 1 aromatic carbocycles. The van der Waals surface area contributed by atoms with Crippen LogP contribution < -0.4 is 5.32 Å². The molecule has 0 saturated carbocycles. The Morgan fingerprint density at radius 3 is 1.82 bits per heavy atom.